The number of halogens is 1. The average Bonchev–Trinajstić information content (AvgIpc) is 2.69. The van der Waals surface area contributed by atoms with Crippen molar-refractivity contribution >= 4 is 15.9 Å². The van der Waals surface area contributed by atoms with Crippen molar-refractivity contribution in [2.24, 2.45) is 5.92 Å². The van der Waals surface area contributed by atoms with Gasteiger partial charge in [0.25, 0.3) is 0 Å². The van der Waals surface area contributed by atoms with Crippen molar-refractivity contribution in [3.05, 3.63) is 28.5 Å². The Kier molecular flexibility index (Phi) is 1.72. The molecule has 1 saturated carbocycles. The first-order valence-electron chi connectivity index (χ1n) is 3.89. The minimum absolute atomic E-state index is 0.788. The molecule has 58 valence electrons. The summed E-state index contributed by atoms with van der Waals surface area (Å²) in [6.07, 6.45) is 3.31. The Labute approximate surface area is 75.0 Å². The van der Waals surface area contributed by atoms with E-state index in [0.717, 1.165) is 16.4 Å². The summed E-state index contributed by atoms with van der Waals surface area (Å²) < 4.78 is 0.926. The van der Waals surface area contributed by atoms with Crippen molar-refractivity contribution in [1.29, 1.82) is 0 Å². The van der Waals surface area contributed by atoms with E-state index in [1.807, 2.05) is 12.3 Å². The smallest absolute Gasteiger partial charge is 0.106 e. The van der Waals surface area contributed by atoms with Crippen LogP contribution in [0.1, 0.15) is 24.8 Å². The van der Waals surface area contributed by atoms with Gasteiger partial charge in [0.2, 0.25) is 0 Å². The van der Waals surface area contributed by atoms with Crippen LogP contribution in [0.4, 0.5) is 0 Å². The molecule has 11 heavy (non-hydrogen) atoms. The highest BCUT2D eigenvalue weighted by Gasteiger charge is 2.33. The van der Waals surface area contributed by atoms with Crippen LogP contribution in [-0.4, -0.2) is 4.98 Å². The third-order valence-corrected chi connectivity index (χ3v) is 2.76. The molecule has 2 rings (SSSR count). The quantitative estimate of drug-likeness (QED) is 0.652. The molecule has 1 aromatic heterocycles. The van der Waals surface area contributed by atoms with Crippen LogP contribution in [0, 0.1) is 5.92 Å². The molecule has 1 aliphatic rings. The maximum absolute atomic E-state index is 4.19. The number of aromatic nitrogens is 1. The minimum atomic E-state index is 0.788. The normalized spacial score (nSPS) is 28.5. The Bertz CT molecular complexity index is 255. The van der Waals surface area contributed by atoms with Gasteiger partial charge in [0, 0.05) is 6.20 Å². The van der Waals surface area contributed by atoms with Crippen LogP contribution in [0.15, 0.2) is 22.9 Å². The molecule has 0 radical (unpaired) electrons. The lowest BCUT2D eigenvalue weighted by molar-refractivity contribution is 0.908. The molecule has 1 nitrogen and oxygen atoms in total. The predicted octanol–water partition coefficient (Wildman–Crippen LogP) is 2.97. The maximum atomic E-state index is 4.19. The summed E-state index contributed by atoms with van der Waals surface area (Å²) in [6, 6.07) is 4.17. The zero-order valence-electron chi connectivity index (χ0n) is 6.42. The highest BCUT2D eigenvalue weighted by molar-refractivity contribution is 9.10. The molecule has 2 heteroatoms. The Morgan fingerprint density at radius 3 is 2.73 bits per heavy atom. The van der Waals surface area contributed by atoms with Gasteiger partial charge in [-0.15, -0.1) is 0 Å². The molecule has 0 N–H and O–H groups in total. The largest absolute Gasteiger partial charge is 0.249 e. The minimum Gasteiger partial charge on any atom is -0.249 e. The third-order valence-electron chi connectivity index (χ3n) is 2.29. The van der Waals surface area contributed by atoms with Crippen molar-refractivity contribution in [2.45, 2.75) is 19.3 Å². The van der Waals surface area contributed by atoms with Crippen molar-refractivity contribution in [2.75, 3.05) is 0 Å². The average molecular weight is 212 g/mol. The molecule has 1 heterocycles. The second-order valence-electron chi connectivity index (χ2n) is 3.23. The van der Waals surface area contributed by atoms with Crippen molar-refractivity contribution in [3.8, 4) is 0 Å². The first kappa shape index (κ1) is 7.29. The topological polar surface area (TPSA) is 12.9 Å². The van der Waals surface area contributed by atoms with Gasteiger partial charge in [-0.1, -0.05) is 13.0 Å². The van der Waals surface area contributed by atoms with Crippen molar-refractivity contribution < 1.29 is 0 Å². The van der Waals surface area contributed by atoms with E-state index in [0.29, 0.717) is 0 Å². The van der Waals surface area contributed by atoms with E-state index in [9.17, 15) is 0 Å². The van der Waals surface area contributed by atoms with Gasteiger partial charge >= 0.3 is 0 Å². The molecule has 1 aromatic rings. The lowest BCUT2D eigenvalue weighted by Crippen LogP contribution is -1.82. The number of nitrogens with zero attached hydrogens (tertiary/aromatic N) is 1. The van der Waals surface area contributed by atoms with E-state index >= 15 is 0 Å². The number of rotatable bonds is 1. The number of hydrogen-bond acceptors (Lipinski definition) is 1. The Hall–Kier alpha value is -0.370. The van der Waals surface area contributed by atoms with Gasteiger partial charge in [-0.25, -0.2) is 4.98 Å². The molecular formula is C9H10BrN. The van der Waals surface area contributed by atoms with Crippen LogP contribution >= 0.6 is 15.9 Å². The van der Waals surface area contributed by atoms with Crippen molar-refractivity contribution in [3.63, 3.8) is 0 Å². The predicted molar refractivity (Wildman–Crippen MR) is 48.5 cm³/mol. The van der Waals surface area contributed by atoms with Crippen LogP contribution in [0.2, 0.25) is 0 Å². The van der Waals surface area contributed by atoms with E-state index in [1.165, 1.54) is 12.0 Å². The monoisotopic (exact) mass is 211 g/mol. The van der Waals surface area contributed by atoms with Gasteiger partial charge in [-0.05, 0) is 45.8 Å². The zero-order valence-corrected chi connectivity index (χ0v) is 8.01. The maximum Gasteiger partial charge on any atom is 0.106 e. The second kappa shape index (κ2) is 2.59. The summed E-state index contributed by atoms with van der Waals surface area (Å²) >= 11 is 3.32. The van der Waals surface area contributed by atoms with Crippen LogP contribution in [0.25, 0.3) is 0 Å². The van der Waals surface area contributed by atoms with E-state index in [4.69, 9.17) is 0 Å². The Morgan fingerprint density at radius 2 is 2.27 bits per heavy atom. The molecule has 2 atom stereocenters. The molecule has 0 saturated heterocycles. The van der Waals surface area contributed by atoms with E-state index in [2.05, 4.69) is 33.9 Å². The summed E-state index contributed by atoms with van der Waals surface area (Å²) in [5.41, 5.74) is 1.39. The first-order valence-corrected chi connectivity index (χ1v) is 4.68. The van der Waals surface area contributed by atoms with Gasteiger partial charge in [0.15, 0.2) is 0 Å². The van der Waals surface area contributed by atoms with Crippen LogP contribution in [-0.2, 0) is 0 Å². The Morgan fingerprint density at radius 1 is 1.55 bits per heavy atom. The third kappa shape index (κ3) is 1.45. The zero-order chi connectivity index (χ0) is 7.84. The standard InChI is InChI=1S/C9H10BrN/c1-6-4-8(6)7-2-3-9(10)11-5-7/h2-3,5-6,8H,4H2,1H3/t6-,8-/m1/s1. The van der Waals surface area contributed by atoms with Crippen LogP contribution in [0.5, 0.6) is 0 Å². The Balaban J connectivity index is 2.21. The van der Waals surface area contributed by atoms with E-state index in [1.54, 1.807) is 0 Å². The molecule has 0 unspecified atom stereocenters. The molecule has 0 amide bonds. The number of pyridine rings is 1. The summed E-state index contributed by atoms with van der Waals surface area (Å²) in [6.45, 7) is 2.28. The fourth-order valence-corrected chi connectivity index (χ4v) is 1.63. The van der Waals surface area contributed by atoms with Gasteiger partial charge in [-0.3, -0.25) is 0 Å². The molecule has 0 aliphatic heterocycles. The molecule has 0 aromatic carbocycles. The van der Waals surface area contributed by atoms with Crippen LogP contribution in [0.3, 0.4) is 0 Å². The van der Waals surface area contributed by atoms with Gasteiger partial charge in [0.05, 0.1) is 0 Å². The highest BCUT2D eigenvalue weighted by atomic mass is 79.9. The summed E-state index contributed by atoms with van der Waals surface area (Å²) in [4.78, 5) is 4.19. The van der Waals surface area contributed by atoms with Gasteiger partial charge in [-0.2, -0.15) is 0 Å². The van der Waals surface area contributed by atoms with Crippen molar-refractivity contribution in [1.82, 2.24) is 4.98 Å². The summed E-state index contributed by atoms with van der Waals surface area (Å²) in [5, 5.41) is 0. The van der Waals surface area contributed by atoms with E-state index in [-0.39, 0.29) is 0 Å². The fourth-order valence-electron chi connectivity index (χ4n) is 1.39. The molecular weight excluding hydrogens is 202 g/mol. The molecule has 1 fully saturated rings. The fraction of sp³-hybridized carbons (Fsp3) is 0.444. The SMILES string of the molecule is C[C@@H]1C[C@H]1c1ccc(Br)nc1. The van der Waals surface area contributed by atoms with E-state index < -0.39 is 0 Å². The summed E-state index contributed by atoms with van der Waals surface area (Å²) in [7, 11) is 0. The van der Waals surface area contributed by atoms with Gasteiger partial charge < -0.3 is 0 Å². The molecule has 1 aliphatic carbocycles. The summed E-state index contributed by atoms with van der Waals surface area (Å²) in [5.74, 6) is 1.66. The number of hydrogen-bond donors (Lipinski definition) is 0. The lowest BCUT2D eigenvalue weighted by atomic mass is 10.2. The second-order valence-corrected chi connectivity index (χ2v) is 4.05. The van der Waals surface area contributed by atoms with Gasteiger partial charge in [0.1, 0.15) is 4.60 Å². The molecule has 0 bridgehead atoms. The highest BCUT2D eigenvalue weighted by Crippen LogP contribution is 2.46. The lowest BCUT2D eigenvalue weighted by Gasteiger charge is -1.96. The van der Waals surface area contributed by atoms with Crippen LogP contribution < -0.4 is 0 Å². The molecule has 0 spiro atoms. The first-order chi connectivity index (χ1) is 5.27.